The summed E-state index contributed by atoms with van der Waals surface area (Å²) in [5, 5.41) is 0.506. The van der Waals surface area contributed by atoms with E-state index in [9.17, 15) is 8.42 Å². The van der Waals surface area contributed by atoms with Crippen molar-refractivity contribution >= 4 is 21.4 Å². The van der Waals surface area contributed by atoms with Gasteiger partial charge in [-0.3, -0.25) is 4.98 Å². The van der Waals surface area contributed by atoms with Crippen LogP contribution < -0.4 is 4.74 Å². The number of hydrogen-bond acceptors (Lipinski definition) is 4. The standard InChI is InChI=1S/C14H14ClNO3S/c1-19-14-6-4-11(7-12(14)15)13-5-3-10(8-16-13)9-20(2,17)18/h3-8H,9H2,1-2H3. The molecule has 2 rings (SSSR count). The van der Waals surface area contributed by atoms with E-state index in [2.05, 4.69) is 4.98 Å². The van der Waals surface area contributed by atoms with Crippen molar-refractivity contribution in [2.24, 2.45) is 0 Å². The maximum absolute atomic E-state index is 11.2. The Kier molecular flexibility index (Phi) is 4.30. The predicted octanol–water partition coefficient (Wildman–Crippen LogP) is 2.96. The van der Waals surface area contributed by atoms with Crippen molar-refractivity contribution in [3.63, 3.8) is 0 Å². The van der Waals surface area contributed by atoms with Gasteiger partial charge in [-0.1, -0.05) is 17.7 Å². The van der Waals surface area contributed by atoms with Crippen LogP contribution in [0.15, 0.2) is 36.5 Å². The fourth-order valence-corrected chi connectivity index (χ4v) is 2.84. The summed E-state index contributed by atoms with van der Waals surface area (Å²) in [6.45, 7) is 0. The minimum Gasteiger partial charge on any atom is -0.495 e. The van der Waals surface area contributed by atoms with E-state index >= 15 is 0 Å². The lowest BCUT2D eigenvalue weighted by molar-refractivity contribution is 0.415. The van der Waals surface area contributed by atoms with Crippen molar-refractivity contribution in [3.05, 3.63) is 47.1 Å². The Balaban J connectivity index is 2.28. The molecule has 0 saturated carbocycles. The minimum absolute atomic E-state index is 0.0103. The molecule has 0 amide bonds. The summed E-state index contributed by atoms with van der Waals surface area (Å²) < 4.78 is 27.5. The lowest BCUT2D eigenvalue weighted by atomic mass is 10.1. The number of benzene rings is 1. The van der Waals surface area contributed by atoms with Gasteiger partial charge in [0.25, 0.3) is 0 Å². The van der Waals surface area contributed by atoms with Crippen LogP contribution in [0.3, 0.4) is 0 Å². The molecule has 20 heavy (non-hydrogen) atoms. The van der Waals surface area contributed by atoms with Gasteiger partial charge in [-0.15, -0.1) is 0 Å². The van der Waals surface area contributed by atoms with E-state index in [1.165, 1.54) is 6.26 Å². The highest BCUT2D eigenvalue weighted by Crippen LogP contribution is 2.29. The van der Waals surface area contributed by atoms with Crippen LogP contribution in [-0.2, 0) is 15.6 Å². The molecule has 0 atom stereocenters. The molecular formula is C14H14ClNO3S. The number of ether oxygens (including phenoxy) is 1. The van der Waals surface area contributed by atoms with Crippen LogP contribution in [0.5, 0.6) is 5.75 Å². The average Bonchev–Trinajstić information content (AvgIpc) is 2.37. The lowest BCUT2D eigenvalue weighted by Crippen LogP contribution is -2.01. The van der Waals surface area contributed by atoms with Gasteiger partial charge in [0.05, 0.1) is 23.6 Å². The average molecular weight is 312 g/mol. The van der Waals surface area contributed by atoms with Gasteiger partial charge in [0.1, 0.15) is 5.75 Å². The van der Waals surface area contributed by atoms with E-state index in [4.69, 9.17) is 16.3 Å². The molecule has 0 aliphatic rings. The first-order valence-corrected chi connectivity index (χ1v) is 8.29. The minimum atomic E-state index is -3.05. The fourth-order valence-electron chi connectivity index (χ4n) is 1.81. The maximum Gasteiger partial charge on any atom is 0.151 e. The van der Waals surface area contributed by atoms with Crippen molar-refractivity contribution in [3.8, 4) is 17.0 Å². The highest BCUT2D eigenvalue weighted by atomic mass is 35.5. The summed E-state index contributed by atoms with van der Waals surface area (Å²) in [6, 6.07) is 8.91. The zero-order valence-corrected chi connectivity index (χ0v) is 12.7. The lowest BCUT2D eigenvalue weighted by Gasteiger charge is -2.06. The molecule has 0 spiro atoms. The van der Waals surface area contributed by atoms with Gasteiger partial charge in [-0.25, -0.2) is 8.42 Å². The number of methoxy groups -OCH3 is 1. The molecule has 1 aromatic heterocycles. The van der Waals surface area contributed by atoms with E-state index in [0.717, 1.165) is 11.3 Å². The Labute approximate surface area is 123 Å². The second-order valence-electron chi connectivity index (χ2n) is 4.47. The topological polar surface area (TPSA) is 56.3 Å². The van der Waals surface area contributed by atoms with Crippen molar-refractivity contribution in [2.75, 3.05) is 13.4 Å². The molecule has 0 N–H and O–H groups in total. The third-order valence-electron chi connectivity index (χ3n) is 2.70. The second kappa shape index (κ2) is 5.81. The summed E-state index contributed by atoms with van der Waals surface area (Å²) in [7, 11) is -1.49. The molecular weight excluding hydrogens is 298 g/mol. The van der Waals surface area contributed by atoms with Crippen LogP contribution in [0.2, 0.25) is 5.02 Å². The summed E-state index contributed by atoms with van der Waals surface area (Å²) in [5.74, 6) is 0.591. The quantitative estimate of drug-likeness (QED) is 0.871. The first-order chi connectivity index (χ1) is 9.39. The van der Waals surface area contributed by atoms with Crippen molar-refractivity contribution < 1.29 is 13.2 Å². The van der Waals surface area contributed by atoms with Crippen LogP contribution in [-0.4, -0.2) is 26.8 Å². The number of rotatable bonds is 4. The number of hydrogen-bond donors (Lipinski definition) is 0. The third-order valence-corrected chi connectivity index (χ3v) is 3.85. The Morgan fingerprint density at radius 1 is 1.25 bits per heavy atom. The number of pyridine rings is 1. The zero-order valence-electron chi connectivity index (χ0n) is 11.1. The monoisotopic (exact) mass is 311 g/mol. The van der Waals surface area contributed by atoms with Crippen LogP contribution >= 0.6 is 11.6 Å². The fraction of sp³-hybridized carbons (Fsp3) is 0.214. The predicted molar refractivity (Wildman–Crippen MR) is 79.8 cm³/mol. The summed E-state index contributed by atoms with van der Waals surface area (Å²) in [6.07, 6.45) is 2.76. The normalized spacial score (nSPS) is 11.3. The molecule has 0 fully saturated rings. The van der Waals surface area contributed by atoms with Crippen molar-refractivity contribution in [2.45, 2.75) is 5.75 Å². The van der Waals surface area contributed by atoms with Crippen LogP contribution in [0.1, 0.15) is 5.56 Å². The van der Waals surface area contributed by atoms with Gasteiger partial charge in [0, 0.05) is 18.0 Å². The Morgan fingerprint density at radius 3 is 2.50 bits per heavy atom. The molecule has 6 heteroatoms. The van der Waals surface area contributed by atoms with Crippen LogP contribution in [0.4, 0.5) is 0 Å². The summed E-state index contributed by atoms with van der Waals surface area (Å²) >= 11 is 6.07. The smallest absolute Gasteiger partial charge is 0.151 e. The molecule has 0 saturated heterocycles. The Morgan fingerprint density at radius 2 is 2.00 bits per heavy atom. The van der Waals surface area contributed by atoms with Crippen LogP contribution in [0.25, 0.3) is 11.3 Å². The van der Waals surface area contributed by atoms with Crippen molar-refractivity contribution in [1.29, 1.82) is 0 Å². The summed E-state index contributed by atoms with van der Waals surface area (Å²) in [5.41, 5.74) is 2.24. The van der Waals surface area contributed by atoms with Gasteiger partial charge >= 0.3 is 0 Å². The molecule has 0 unspecified atom stereocenters. The number of aromatic nitrogens is 1. The van der Waals surface area contributed by atoms with Crippen LogP contribution in [0, 0.1) is 0 Å². The zero-order chi connectivity index (χ0) is 14.8. The highest BCUT2D eigenvalue weighted by molar-refractivity contribution is 7.89. The van der Waals surface area contributed by atoms with E-state index < -0.39 is 9.84 Å². The molecule has 2 aromatic rings. The van der Waals surface area contributed by atoms with Gasteiger partial charge in [0.2, 0.25) is 0 Å². The molecule has 106 valence electrons. The molecule has 0 aliphatic heterocycles. The first-order valence-electron chi connectivity index (χ1n) is 5.85. The van der Waals surface area contributed by atoms with Crippen molar-refractivity contribution in [1.82, 2.24) is 4.98 Å². The molecule has 1 heterocycles. The van der Waals surface area contributed by atoms with Gasteiger partial charge in [-0.05, 0) is 29.8 Å². The number of halogens is 1. The van der Waals surface area contributed by atoms with E-state index in [0.29, 0.717) is 16.3 Å². The Hall–Kier alpha value is -1.59. The molecule has 1 aromatic carbocycles. The molecule has 4 nitrogen and oxygen atoms in total. The van der Waals surface area contributed by atoms with E-state index in [-0.39, 0.29) is 5.75 Å². The van der Waals surface area contributed by atoms with E-state index in [1.54, 1.807) is 37.6 Å². The number of nitrogens with zero attached hydrogens (tertiary/aromatic N) is 1. The SMILES string of the molecule is COc1ccc(-c2ccc(CS(C)(=O)=O)cn2)cc1Cl. The van der Waals surface area contributed by atoms with Gasteiger partial charge in [0.15, 0.2) is 9.84 Å². The second-order valence-corrected chi connectivity index (χ2v) is 7.02. The summed E-state index contributed by atoms with van der Waals surface area (Å²) in [4.78, 5) is 4.27. The van der Waals surface area contributed by atoms with Gasteiger partial charge < -0.3 is 4.74 Å². The highest BCUT2D eigenvalue weighted by Gasteiger charge is 2.07. The molecule has 0 bridgehead atoms. The van der Waals surface area contributed by atoms with E-state index in [1.807, 2.05) is 6.07 Å². The molecule has 0 aliphatic carbocycles. The molecule has 0 radical (unpaired) electrons. The largest absolute Gasteiger partial charge is 0.495 e. The first kappa shape index (κ1) is 14.8. The maximum atomic E-state index is 11.2. The third kappa shape index (κ3) is 3.71. The van der Waals surface area contributed by atoms with Gasteiger partial charge in [-0.2, -0.15) is 0 Å². The Bertz CT molecular complexity index is 712. The number of sulfone groups is 1.